The number of hydrogen-bond donors (Lipinski definition) is 1. The van der Waals surface area contributed by atoms with Crippen LogP contribution in [-0.4, -0.2) is 11.3 Å². The first-order valence-electron chi connectivity index (χ1n) is 3.15. The number of ketones is 1. The highest BCUT2D eigenvalue weighted by Gasteiger charge is 2.37. The van der Waals surface area contributed by atoms with E-state index in [0.29, 0.717) is 0 Å². The second-order valence-electron chi connectivity index (χ2n) is 2.58. The van der Waals surface area contributed by atoms with Gasteiger partial charge in [0.25, 0.3) is 0 Å². The van der Waals surface area contributed by atoms with Crippen molar-refractivity contribution >= 4 is 5.78 Å². The van der Waals surface area contributed by atoms with Gasteiger partial charge in [-0.1, -0.05) is 6.58 Å². The fourth-order valence-corrected chi connectivity index (χ4v) is 1.01. The van der Waals surface area contributed by atoms with E-state index in [1.807, 2.05) is 0 Å². The Labute approximate surface area is 54.7 Å². The zero-order valence-electron chi connectivity index (χ0n) is 5.39. The Kier molecular flexibility index (Phi) is 1.41. The Balaban J connectivity index is 2.58. The molecule has 50 valence electrons. The number of carbonyl (C=O) groups excluding carboxylic acids is 1. The Morgan fingerprint density at radius 3 is 2.33 bits per heavy atom. The number of nitrogens with two attached hydrogens (primary N) is 1. The predicted octanol–water partition coefficient (Wildman–Crippen LogP) is 0.623. The third-order valence-corrected chi connectivity index (χ3v) is 1.92. The first-order chi connectivity index (χ1) is 4.19. The maximum absolute atomic E-state index is 10.9. The van der Waals surface area contributed by atoms with Crippen molar-refractivity contribution in [3.63, 3.8) is 0 Å². The molecule has 0 amide bonds. The molecule has 0 unspecified atom stereocenters. The molecular formula is C7H11NO. The summed E-state index contributed by atoms with van der Waals surface area (Å²) in [4.78, 5) is 10.9. The summed E-state index contributed by atoms with van der Waals surface area (Å²) in [6.45, 7) is 3.38. The van der Waals surface area contributed by atoms with Gasteiger partial charge in [0.15, 0.2) is 5.78 Å². The lowest BCUT2D eigenvalue weighted by atomic mass is 9.75. The molecule has 0 bridgehead atoms. The molecule has 1 rings (SSSR count). The molecular weight excluding hydrogens is 114 g/mol. The molecule has 0 aromatic rings. The molecule has 9 heavy (non-hydrogen) atoms. The first-order valence-corrected chi connectivity index (χ1v) is 3.15. The van der Waals surface area contributed by atoms with Gasteiger partial charge in [0.2, 0.25) is 0 Å². The number of hydrogen-bond acceptors (Lipinski definition) is 2. The minimum absolute atomic E-state index is 0.00579. The zero-order valence-corrected chi connectivity index (χ0v) is 5.39. The van der Waals surface area contributed by atoms with Crippen LogP contribution in [-0.2, 0) is 4.79 Å². The molecule has 0 atom stereocenters. The molecule has 0 saturated heterocycles. The van der Waals surface area contributed by atoms with Crippen LogP contribution >= 0.6 is 0 Å². The molecule has 1 aliphatic rings. The van der Waals surface area contributed by atoms with Gasteiger partial charge in [0.05, 0.1) is 5.54 Å². The summed E-state index contributed by atoms with van der Waals surface area (Å²) in [5.41, 5.74) is 5.11. The maximum atomic E-state index is 10.9. The molecule has 0 spiro atoms. The second kappa shape index (κ2) is 1.95. The molecule has 2 N–H and O–H groups in total. The van der Waals surface area contributed by atoms with E-state index in [1.54, 1.807) is 0 Å². The second-order valence-corrected chi connectivity index (χ2v) is 2.58. The molecule has 1 aliphatic carbocycles. The minimum Gasteiger partial charge on any atom is -0.319 e. The predicted molar refractivity (Wildman–Crippen MR) is 36.0 cm³/mol. The minimum atomic E-state index is -0.526. The molecule has 0 radical (unpaired) electrons. The van der Waals surface area contributed by atoms with Gasteiger partial charge in [0, 0.05) is 0 Å². The normalized spacial score (nSPS) is 22.3. The maximum Gasteiger partial charge on any atom is 0.174 e. The average molecular weight is 125 g/mol. The Morgan fingerprint density at radius 2 is 2.22 bits per heavy atom. The van der Waals surface area contributed by atoms with Gasteiger partial charge in [-0.3, -0.25) is 4.79 Å². The number of rotatable bonds is 2. The third-order valence-electron chi connectivity index (χ3n) is 1.92. The van der Waals surface area contributed by atoms with E-state index in [4.69, 9.17) is 5.73 Å². The fourth-order valence-electron chi connectivity index (χ4n) is 1.01. The van der Waals surface area contributed by atoms with Crippen LogP contribution in [0.25, 0.3) is 0 Å². The average Bonchev–Trinajstić information content (AvgIpc) is 1.81. The van der Waals surface area contributed by atoms with Gasteiger partial charge >= 0.3 is 0 Å². The van der Waals surface area contributed by atoms with Crippen LogP contribution < -0.4 is 5.73 Å². The van der Waals surface area contributed by atoms with E-state index in [1.165, 1.54) is 6.08 Å². The quantitative estimate of drug-likeness (QED) is 0.550. The molecule has 2 nitrogen and oxygen atoms in total. The molecule has 2 heteroatoms. The van der Waals surface area contributed by atoms with Crippen molar-refractivity contribution in [1.82, 2.24) is 0 Å². The van der Waals surface area contributed by atoms with Gasteiger partial charge in [-0.2, -0.15) is 0 Å². The van der Waals surface area contributed by atoms with Crippen LogP contribution in [0.1, 0.15) is 19.3 Å². The van der Waals surface area contributed by atoms with Crippen molar-refractivity contribution in [3.8, 4) is 0 Å². The monoisotopic (exact) mass is 125 g/mol. The van der Waals surface area contributed by atoms with Crippen molar-refractivity contribution in [2.24, 2.45) is 5.73 Å². The van der Waals surface area contributed by atoms with Crippen molar-refractivity contribution in [1.29, 1.82) is 0 Å². The summed E-state index contributed by atoms with van der Waals surface area (Å²) in [5, 5.41) is 0. The highest BCUT2D eigenvalue weighted by molar-refractivity contribution is 5.97. The van der Waals surface area contributed by atoms with E-state index in [0.717, 1.165) is 19.3 Å². The molecule has 1 saturated carbocycles. The van der Waals surface area contributed by atoms with E-state index in [9.17, 15) is 4.79 Å². The topological polar surface area (TPSA) is 43.1 Å². The fraction of sp³-hybridized carbons (Fsp3) is 0.571. The van der Waals surface area contributed by atoms with Gasteiger partial charge < -0.3 is 5.73 Å². The third kappa shape index (κ3) is 0.900. The van der Waals surface area contributed by atoms with Crippen molar-refractivity contribution < 1.29 is 4.79 Å². The van der Waals surface area contributed by atoms with Crippen LogP contribution in [0.15, 0.2) is 12.7 Å². The summed E-state index contributed by atoms with van der Waals surface area (Å²) >= 11 is 0. The molecule has 0 aromatic heterocycles. The summed E-state index contributed by atoms with van der Waals surface area (Å²) in [6, 6.07) is 0. The van der Waals surface area contributed by atoms with E-state index < -0.39 is 5.54 Å². The van der Waals surface area contributed by atoms with E-state index >= 15 is 0 Å². The van der Waals surface area contributed by atoms with E-state index in [-0.39, 0.29) is 5.78 Å². The molecule has 1 fully saturated rings. The summed E-state index contributed by atoms with van der Waals surface area (Å²) < 4.78 is 0. The largest absolute Gasteiger partial charge is 0.319 e. The smallest absolute Gasteiger partial charge is 0.174 e. The van der Waals surface area contributed by atoms with Gasteiger partial charge in [-0.15, -0.1) is 0 Å². The highest BCUT2D eigenvalue weighted by atomic mass is 16.1. The lowest BCUT2D eigenvalue weighted by molar-refractivity contribution is -0.122. The van der Waals surface area contributed by atoms with Crippen LogP contribution in [0.5, 0.6) is 0 Å². The summed E-state index contributed by atoms with van der Waals surface area (Å²) in [6.07, 6.45) is 4.06. The van der Waals surface area contributed by atoms with Crippen molar-refractivity contribution in [2.75, 3.05) is 0 Å². The van der Waals surface area contributed by atoms with Crippen molar-refractivity contribution in [3.05, 3.63) is 12.7 Å². The van der Waals surface area contributed by atoms with Crippen LogP contribution in [0.3, 0.4) is 0 Å². The highest BCUT2D eigenvalue weighted by Crippen LogP contribution is 2.29. The molecule has 0 aliphatic heterocycles. The lowest BCUT2D eigenvalue weighted by Crippen LogP contribution is -2.52. The van der Waals surface area contributed by atoms with Gasteiger partial charge in [-0.25, -0.2) is 0 Å². The van der Waals surface area contributed by atoms with E-state index in [2.05, 4.69) is 6.58 Å². The Hall–Kier alpha value is -0.630. The lowest BCUT2D eigenvalue weighted by Gasteiger charge is -2.35. The summed E-state index contributed by atoms with van der Waals surface area (Å²) in [5.74, 6) is -0.00579. The molecule has 0 heterocycles. The SMILES string of the molecule is C=CC(=O)C1(N)CCC1. The van der Waals surface area contributed by atoms with Gasteiger partial charge in [-0.05, 0) is 25.3 Å². The Bertz CT molecular complexity index is 147. The molecule has 0 aromatic carbocycles. The standard InChI is InChI=1S/C7H11NO/c1-2-6(9)7(8)4-3-5-7/h2H,1,3-5,8H2. The zero-order chi connectivity index (χ0) is 6.91. The van der Waals surface area contributed by atoms with Crippen LogP contribution in [0.4, 0.5) is 0 Å². The van der Waals surface area contributed by atoms with Crippen LogP contribution in [0.2, 0.25) is 0 Å². The van der Waals surface area contributed by atoms with Crippen molar-refractivity contribution in [2.45, 2.75) is 24.8 Å². The number of carbonyl (C=O) groups is 1. The van der Waals surface area contributed by atoms with Crippen LogP contribution in [0, 0.1) is 0 Å². The first kappa shape index (κ1) is 6.49. The van der Waals surface area contributed by atoms with Gasteiger partial charge in [0.1, 0.15) is 0 Å². The Morgan fingerprint density at radius 1 is 1.67 bits per heavy atom. The summed E-state index contributed by atoms with van der Waals surface area (Å²) in [7, 11) is 0.